The third-order valence-electron chi connectivity index (χ3n) is 14.4. The molecule has 0 saturated carbocycles. The van der Waals surface area contributed by atoms with Crippen LogP contribution in [0.4, 0.5) is 0 Å². The Bertz CT molecular complexity index is 1780. The van der Waals surface area contributed by atoms with Gasteiger partial charge in [0.25, 0.3) is 0 Å². The number of ether oxygens (including phenoxy) is 3. The molecule has 0 radical (unpaired) electrons. The Morgan fingerprint density at radius 1 is 0.333 bits per heavy atom. The molecule has 0 aliphatic heterocycles. The number of carbonyl (C=O) groups excluding carboxylic acids is 3. The number of aliphatic hydroxyl groups excluding tert-OH is 1. The van der Waals surface area contributed by atoms with Gasteiger partial charge in [-0.3, -0.25) is 23.4 Å². The molecule has 0 heterocycles. The zero-order valence-corrected chi connectivity index (χ0v) is 54.7. The van der Waals surface area contributed by atoms with Crippen molar-refractivity contribution in [3.05, 3.63) is 97.2 Å². The number of aliphatic hydroxyl groups is 1. The van der Waals surface area contributed by atoms with Crippen molar-refractivity contribution in [3.8, 4) is 0 Å². The van der Waals surface area contributed by atoms with Gasteiger partial charge in [-0.25, -0.2) is 4.57 Å². The summed E-state index contributed by atoms with van der Waals surface area (Å²) in [7, 11) is -4.77. The van der Waals surface area contributed by atoms with Gasteiger partial charge in [0.15, 0.2) is 6.10 Å². The Kier molecular flexibility index (Phi) is 62.6. The zero-order chi connectivity index (χ0) is 61.2. The minimum absolute atomic E-state index is 0.148. The summed E-state index contributed by atoms with van der Waals surface area (Å²) in [4.78, 5) is 48.9. The van der Waals surface area contributed by atoms with E-state index in [9.17, 15) is 28.9 Å². The van der Waals surface area contributed by atoms with Crippen molar-refractivity contribution in [2.45, 2.75) is 315 Å². The molecule has 3 unspecified atom stereocenters. The lowest BCUT2D eigenvalue weighted by molar-refractivity contribution is -0.161. The summed E-state index contributed by atoms with van der Waals surface area (Å²) in [5.41, 5.74) is 0. The Morgan fingerprint density at radius 3 is 0.893 bits per heavy atom. The van der Waals surface area contributed by atoms with Crippen LogP contribution in [0.25, 0.3) is 0 Å². The molecule has 0 aliphatic rings. The fraction of sp³-hybridized carbons (Fsp3) is 0.736. The summed E-state index contributed by atoms with van der Waals surface area (Å²) in [6.45, 7) is 4.57. The van der Waals surface area contributed by atoms with Gasteiger partial charge in [0, 0.05) is 19.3 Å². The third-order valence-corrected chi connectivity index (χ3v) is 15.4. The van der Waals surface area contributed by atoms with Crippen LogP contribution < -0.4 is 0 Å². The first-order valence-corrected chi connectivity index (χ1v) is 35.6. The van der Waals surface area contributed by atoms with Crippen molar-refractivity contribution in [1.82, 2.24) is 0 Å². The van der Waals surface area contributed by atoms with E-state index in [1.165, 1.54) is 109 Å². The van der Waals surface area contributed by atoms with Crippen LogP contribution in [-0.2, 0) is 42.2 Å². The molecule has 0 spiro atoms. The first-order valence-electron chi connectivity index (χ1n) is 34.1. The lowest BCUT2D eigenvalue weighted by Crippen LogP contribution is -2.30. The van der Waals surface area contributed by atoms with Gasteiger partial charge < -0.3 is 24.2 Å². The predicted octanol–water partition coefficient (Wildman–Crippen LogP) is 21.2. The lowest BCUT2D eigenvalue weighted by Gasteiger charge is -2.21. The Morgan fingerprint density at radius 2 is 0.583 bits per heavy atom. The van der Waals surface area contributed by atoms with Gasteiger partial charge in [-0.15, -0.1) is 0 Å². The second kappa shape index (κ2) is 65.4. The molecule has 0 aromatic rings. The standard InChI is InChI=1S/C72H125O11P/c1-4-7-10-13-16-19-22-25-28-31-34-37-40-43-46-49-52-55-58-61-70(74)79-65-69(83-72(76)63-60-57-54-51-48-45-42-39-36-33-30-27-24-21-18-15-12-9-6-3)67-81-84(77,78)80-66-68(64-73)82-71(75)62-59-56-53-50-47-44-41-38-35-32-29-26-23-20-17-14-11-8-5-2/h16-21,25-30,35-36,38-39,68-69,73H,4-15,22-24,31-34,37,40-67H2,1-3H3,(H,77,78)/b19-16-,20-17-,21-18-,28-25-,29-26-,30-27-,38-35-,39-36-. The average molecular weight is 1200 g/mol. The van der Waals surface area contributed by atoms with Crippen LogP contribution >= 0.6 is 7.82 Å². The third kappa shape index (κ3) is 62.9. The highest BCUT2D eigenvalue weighted by Crippen LogP contribution is 2.43. The summed E-state index contributed by atoms with van der Waals surface area (Å²) in [5.74, 6) is -1.49. The molecule has 0 fully saturated rings. The van der Waals surface area contributed by atoms with E-state index in [1.807, 2.05) is 0 Å². The average Bonchev–Trinajstić information content (AvgIpc) is 3.54. The first kappa shape index (κ1) is 80.4. The van der Waals surface area contributed by atoms with Crippen molar-refractivity contribution in [1.29, 1.82) is 0 Å². The minimum Gasteiger partial charge on any atom is -0.462 e. The Labute approximate surface area is 514 Å². The molecule has 0 aliphatic carbocycles. The number of carbonyl (C=O) groups is 3. The quantitative estimate of drug-likeness (QED) is 0.0197. The zero-order valence-electron chi connectivity index (χ0n) is 53.8. The van der Waals surface area contributed by atoms with E-state index >= 15 is 0 Å². The highest BCUT2D eigenvalue weighted by Gasteiger charge is 2.28. The van der Waals surface area contributed by atoms with Crippen LogP contribution in [0.1, 0.15) is 303 Å². The molecule has 3 atom stereocenters. The molecule has 484 valence electrons. The van der Waals surface area contributed by atoms with Crippen LogP contribution in [0.2, 0.25) is 0 Å². The Hall–Kier alpha value is -3.60. The molecular weight excluding hydrogens is 1070 g/mol. The maximum atomic E-state index is 13.0. The molecule has 2 N–H and O–H groups in total. The van der Waals surface area contributed by atoms with Crippen LogP contribution in [0, 0.1) is 0 Å². The lowest BCUT2D eigenvalue weighted by atomic mass is 10.1. The fourth-order valence-corrected chi connectivity index (χ4v) is 10.0. The second-order valence-electron chi connectivity index (χ2n) is 22.6. The highest BCUT2D eigenvalue weighted by atomic mass is 31.2. The van der Waals surface area contributed by atoms with Gasteiger partial charge in [0.1, 0.15) is 12.7 Å². The van der Waals surface area contributed by atoms with Crippen molar-refractivity contribution >= 4 is 25.7 Å². The molecule has 0 aromatic carbocycles. The van der Waals surface area contributed by atoms with E-state index in [2.05, 4.69) is 118 Å². The van der Waals surface area contributed by atoms with Crippen LogP contribution in [0.15, 0.2) is 97.2 Å². The van der Waals surface area contributed by atoms with Gasteiger partial charge in [0.2, 0.25) is 0 Å². The number of unbranched alkanes of at least 4 members (excludes halogenated alkanes) is 30. The highest BCUT2D eigenvalue weighted by molar-refractivity contribution is 7.47. The number of hydrogen-bond acceptors (Lipinski definition) is 10. The summed E-state index contributed by atoms with van der Waals surface area (Å²) in [6, 6.07) is 0. The maximum absolute atomic E-state index is 13.0. The molecule has 84 heavy (non-hydrogen) atoms. The van der Waals surface area contributed by atoms with Crippen LogP contribution in [-0.4, -0.2) is 66.5 Å². The molecule has 12 heteroatoms. The van der Waals surface area contributed by atoms with Crippen molar-refractivity contribution in [2.75, 3.05) is 26.4 Å². The predicted molar refractivity (Wildman–Crippen MR) is 353 cm³/mol. The van der Waals surface area contributed by atoms with Gasteiger partial charge >= 0.3 is 25.7 Å². The van der Waals surface area contributed by atoms with Crippen molar-refractivity contribution in [2.24, 2.45) is 0 Å². The van der Waals surface area contributed by atoms with Crippen molar-refractivity contribution in [3.63, 3.8) is 0 Å². The number of allylic oxidation sites excluding steroid dienone is 16. The number of phosphoric ester groups is 1. The fourth-order valence-electron chi connectivity index (χ4n) is 9.22. The number of hydrogen-bond donors (Lipinski definition) is 2. The molecule has 0 amide bonds. The largest absolute Gasteiger partial charge is 0.472 e. The monoisotopic (exact) mass is 1200 g/mol. The first-order chi connectivity index (χ1) is 41.2. The summed E-state index contributed by atoms with van der Waals surface area (Å²) < 4.78 is 39.8. The summed E-state index contributed by atoms with van der Waals surface area (Å²) in [5, 5.41) is 9.88. The molecule has 0 bridgehead atoms. The second-order valence-corrected chi connectivity index (χ2v) is 24.1. The molecule has 0 saturated heterocycles. The van der Waals surface area contributed by atoms with E-state index in [0.717, 1.165) is 135 Å². The van der Waals surface area contributed by atoms with Gasteiger partial charge in [-0.05, 0) is 128 Å². The smallest absolute Gasteiger partial charge is 0.462 e. The maximum Gasteiger partial charge on any atom is 0.472 e. The van der Waals surface area contributed by atoms with Crippen molar-refractivity contribution < 1.29 is 52.2 Å². The molecular formula is C72H125O11P. The van der Waals surface area contributed by atoms with E-state index < -0.39 is 57.8 Å². The minimum atomic E-state index is -4.77. The normalized spacial score (nSPS) is 13.8. The van der Waals surface area contributed by atoms with E-state index in [-0.39, 0.29) is 25.9 Å². The summed E-state index contributed by atoms with van der Waals surface area (Å²) >= 11 is 0. The number of rotatable bonds is 63. The van der Waals surface area contributed by atoms with Gasteiger partial charge in [0.05, 0.1) is 19.8 Å². The number of phosphoric acid groups is 1. The summed E-state index contributed by atoms with van der Waals surface area (Å²) in [6.07, 6.45) is 79.1. The SMILES string of the molecule is CCCCC/C=C\C/C=C\C/C=C\CCCCCCCCC(=O)OC(CO)COP(=O)(O)OCC(COC(=O)CCCCCCCCCCC/C=C\C/C=C\CCCCC)OC(=O)CCCCCCCC/C=C\C/C=C\C/C=C\CCCCC. The van der Waals surface area contributed by atoms with Gasteiger partial charge in [-0.2, -0.15) is 0 Å². The topological polar surface area (TPSA) is 155 Å². The van der Waals surface area contributed by atoms with Crippen LogP contribution in [0.3, 0.4) is 0 Å². The Balaban J connectivity index is 4.73. The van der Waals surface area contributed by atoms with E-state index in [4.69, 9.17) is 23.3 Å². The molecule has 0 aromatic heterocycles. The van der Waals surface area contributed by atoms with E-state index in [0.29, 0.717) is 19.3 Å². The van der Waals surface area contributed by atoms with E-state index in [1.54, 1.807) is 0 Å². The number of esters is 3. The van der Waals surface area contributed by atoms with Gasteiger partial charge in [-0.1, -0.05) is 253 Å². The molecule has 11 nitrogen and oxygen atoms in total. The molecule has 0 rings (SSSR count). The van der Waals surface area contributed by atoms with Crippen LogP contribution in [0.5, 0.6) is 0 Å².